The van der Waals surface area contributed by atoms with Crippen LogP contribution in [-0.4, -0.2) is 23.1 Å². The average molecular weight is 277 g/mol. The van der Waals surface area contributed by atoms with Gasteiger partial charge < -0.3 is 5.32 Å². The second-order valence-electron chi connectivity index (χ2n) is 6.38. The molecule has 0 amide bonds. The van der Waals surface area contributed by atoms with Crippen molar-refractivity contribution < 1.29 is 0 Å². The lowest BCUT2D eigenvalue weighted by atomic mass is 9.94. The van der Waals surface area contributed by atoms with Crippen LogP contribution in [0.15, 0.2) is 0 Å². The van der Waals surface area contributed by atoms with Crippen molar-refractivity contribution in [2.24, 2.45) is 0 Å². The summed E-state index contributed by atoms with van der Waals surface area (Å²) in [7, 11) is 0. The molecule has 0 saturated carbocycles. The minimum Gasteiger partial charge on any atom is -0.316 e. The minimum atomic E-state index is 0.0207. The van der Waals surface area contributed by atoms with E-state index in [0.717, 1.165) is 38.2 Å². The summed E-state index contributed by atoms with van der Waals surface area (Å²) in [6.07, 6.45) is 4.20. The van der Waals surface area contributed by atoms with Crippen LogP contribution in [-0.2, 0) is 24.7 Å². The number of nitrogens with zero attached hydrogens (tertiary/aromatic N) is 2. The zero-order valence-corrected chi connectivity index (χ0v) is 14.1. The largest absolute Gasteiger partial charge is 0.316 e. The van der Waals surface area contributed by atoms with Crippen LogP contribution < -0.4 is 5.32 Å². The first-order valence-electron chi connectivity index (χ1n) is 8.03. The van der Waals surface area contributed by atoms with Crippen LogP contribution in [0.4, 0.5) is 0 Å². The van der Waals surface area contributed by atoms with Gasteiger partial charge in [-0.3, -0.25) is 0 Å². The zero-order valence-electron chi connectivity index (χ0n) is 14.1. The highest BCUT2D eigenvalue weighted by molar-refractivity contribution is 5.28. The Kier molecular flexibility index (Phi) is 6.60. The lowest BCUT2D eigenvalue weighted by molar-refractivity contribution is 0.534. The molecule has 0 radical (unpaired) electrons. The van der Waals surface area contributed by atoms with Crippen molar-refractivity contribution >= 4 is 0 Å². The summed E-state index contributed by atoms with van der Waals surface area (Å²) >= 11 is 0. The Hall–Kier alpha value is -0.960. The molecule has 1 N–H and O–H groups in total. The Bertz CT molecular complexity index is 394. The van der Waals surface area contributed by atoms with Gasteiger partial charge in [0.2, 0.25) is 0 Å². The van der Waals surface area contributed by atoms with Crippen molar-refractivity contribution in [2.45, 2.75) is 72.6 Å². The van der Waals surface area contributed by atoms with Gasteiger partial charge in [0.05, 0.1) is 0 Å². The molecule has 3 nitrogen and oxygen atoms in total. The highest BCUT2D eigenvalue weighted by Gasteiger charge is 2.21. The Morgan fingerprint density at radius 1 is 0.900 bits per heavy atom. The van der Waals surface area contributed by atoms with Gasteiger partial charge in [0.1, 0.15) is 5.82 Å². The van der Waals surface area contributed by atoms with Gasteiger partial charge in [-0.05, 0) is 44.3 Å². The normalized spacial score (nSPS) is 11.9. The monoisotopic (exact) mass is 277 g/mol. The van der Waals surface area contributed by atoms with Crippen LogP contribution in [0, 0.1) is 0 Å². The van der Waals surface area contributed by atoms with Crippen molar-refractivity contribution in [1.29, 1.82) is 0 Å². The van der Waals surface area contributed by atoms with E-state index in [1.54, 1.807) is 0 Å². The standard InChI is InChI=1S/C17H31N3/c1-7-11-18-12-10-13-14(8-2)19-16(17(4,5)6)20-15(13)9-3/h18H,7-12H2,1-6H3. The van der Waals surface area contributed by atoms with Crippen molar-refractivity contribution in [3.8, 4) is 0 Å². The van der Waals surface area contributed by atoms with Gasteiger partial charge in [-0.2, -0.15) is 0 Å². The molecule has 1 heterocycles. The maximum absolute atomic E-state index is 4.83. The molecule has 1 rings (SSSR count). The van der Waals surface area contributed by atoms with Crippen molar-refractivity contribution in [3.63, 3.8) is 0 Å². The van der Waals surface area contributed by atoms with Crippen LogP contribution in [0.3, 0.4) is 0 Å². The van der Waals surface area contributed by atoms with Crippen molar-refractivity contribution in [1.82, 2.24) is 15.3 Å². The number of rotatable bonds is 7. The third-order valence-electron chi connectivity index (χ3n) is 3.50. The third kappa shape index (κ3) is 4.55. The molecular formula is C17H31N3. The molecule has 20 heavy (non-hydrogen) atoms. The number of hydrogen-bond acceptors (Lipinski definition) is 3. The summed E-state index contributed by atoms with van der Waals surface area (Å²) < 4.78 is 0. The van der Waals surface area contributed by atoms with E-state index >= 15 is 0 Å². The molecule has 0 bridgehead atoms. The van der Waals surface area contributed by atoms with Crippen LogP contribution in [0.2, 0.25) is 0 Å². The lowest BCUT2D eigenvalue weighted by Crippen LogP contribution is -2.23. The Morgan fingerprint density at radius 2 is 1.45 bits per heavy atom. The van der Waals surface area contributed by atoms with Crippen LogP contribution in [0.5, 0.6) is 0 Å². The van der Waals surface area contributed by atoms with Gasteiger partial charge >= 0.3 is 0 Å². The van der Waals surface area contributed by atoms with Gasteiger partial charge in [-0.25, -0.2) is 9.97 Å². The topological polar surface area (TPSA) is 37.8 Å². The van der Waals surface area contributed by atoms with E-state index in [9.17, 15) is 0 Å². The fraction of sp³-hybridized carbons (Fsp3) is 0.765. The van der Waals surface area contributed by atoms with E-state index in [1.807, 2.05) is 0 Å². The van der Waals surface area contributed by atoms with Gasteiger partial charge in [-0.15, -0.1) is 0 Å². The summed E-state index contributed by atoms with van der Waals surface area (Å²) in [6.45, 7) is 15.2. The van der Waals surface area contributed by atoms with Crippen LogP contribution in [0.1, 0.15) is 70.7 Å². The number of aryl methyl sites for hydroxylation is 2. The lowest BCUT2D eigenvalue weighted by Gasteiger charge is -2.21. The molecule has 114 valence electrons. The summed E-state index contributed by atoms with van der Waals surface area (Å²) in [5.74, 6) is 0.983. The van der Waals surface area contributed by atoms with Crippen molar-refractivity contribution in [2.75, 3.05) is 13.1 Å². The molecule has 0 aliphatic carbocycles. The maximum Gasteiger partial charge on any atom is 0.134 e. The van der Waals surface area contributed by atoms with Gasteiger partial charge in [-0.1, -0.05) is 41.5 Å². The van der Waals surface area contributed by atoms with Crippen LogP contribution in [0.25, 0.3) is 0 Å². The maximum atomic E-state index is 4.83. The molecule has 0 fully saturated rings. The molecule has 0 spiro atoms. The van der Waals surface area contributed by atoms with Crippen LogP contribution >= 0.6 is 0 Å². The number of nitrogens with one attached hydrogen (secondary N) is 1. The highest BCUT2D eigenvalue weighted by atomic mass is 14.9. The second-order valence-corrected chi connectivity index (χ2v) is 6.38. The molecule has 0 saturated heterocycles. The SMILES string of the molecule is CCCNCCc1c(CC)nc(C(C)(C)C)nc1CC. The molecule has 0 aromatic carbocycles. The van der Waals surface area contributed by atoms with E-state index in [0.29, 0.717) is 0 Å². The fourth-order valence-corrected chi connectivity index (χ4v) is 2.31. The van der Waals surface area contributed by atoms with Gasteiger partial charge in [0, 0.05) is 16.8 Å². The highest BCUT2D eigenvalue weighted by Crippen LogP contribution is 2.22. The van der Waals surface area contributed by atoms with E-state index in [2.05, 4.69) is 46.9 Å². The second kappa shape index (κ2) is 7.72. The molecule has 0 unspecified atom stereocenters. The Balaban J connectivity index is 3.03. The fourth-order valence-electron chi connectivity index (χ4n) is 2.31. The smallest absolute Gasteiger partial charge is 0.134 e. The first kappa shape index (κ1) is 17.1. The zero-order chi connectivity index (χ0) is 15.2. The first-order valence-corrected chi connectivity index (χ1v) is 8.03. The number of hydrogen-bond donors (Lipinski definition) is 1. The van der Waals surface area contributed by atoms with E-state index < -0.39 is 0 Å². The Labute approximate surface area is 124 Å². The molecule has 0 aliphatic rings. The molecule has 1 aromatic rings. The summed E-state index contributed by atoms with van der Waals surface area (Å²) in [6, 6.07) is 0. The quantitative estimate of drug-likeness (QED) is 0.776. The summed E-state index contributed by atoms with van der Waals surface area (Å²) in [5.41, 5.74) is 3.86. The predicted molar refractivity (Wildman–Crippen MR) is 86.4 cm³/mol. The number of aromatic nitrogens is 2. The third-order valence-corrected chi connectivity index (χ3v) is 3.50. The average Bonchev–Trinajstić information content (AvgIpc) is 2.41. The predicted octanol–water partition coefficient (Wildman–Crippen LogP) is 3.44. The summed E-state index contributed by atoms with van der Waals surface area (Å²) in [5, 5.41) is 3.48. The molecule has 0 atom stereocenters. The van der Waals surface area contributed by atoms with Gasteiger partial charge in [0.25, 0.3) is 0 Å². The molecule has 0 aliphatic heterocycles. The Morgan fingerprint density at radius 3 is 1.85 bits per heavy atom. The summed E-state index contributed by atoms with van der Waals surface area (Å²) in [4.78, 5) is 9.66. The van der Waals surface area contributed by atoms with E-state index in [-0.39, 0.29) is 5.41 Å². The van der Waals surface area contributed by atoms with E-state index in [4.69, 9.17) is 9.97 Å². The van der Waals surface area contributed by atoms with Crippen molar-refractivity contribution in [3.05, 3.63) is 22.8 Å². The molecule has 1 aromatic heterocycles. The minimum absolute atomic E-state index is 0.0207. The molecule has 3 heteroatoms. The van der Waals surface area contributed by atoms with Gasteiger partial charge in [0.15, 0.2) is 0 Å². The van der Waals surface area contributed by atoms with E-state index in [1.165, 1.54) is 23.4 Å². The first-order chi connectivity index (χ1) is 9.43. The molecular weight excluding hydrogens is 246 g/mol.